The van der Waals surface area contributed by atoms with E-state index >= 15 is 0 Å². The lowest BCUT2D eigenvalue weighted by Crippen LogP contribution is -2.40. The molecule has 0 bridgehead atoms. The number of aromatic nitrogens is 1. The second-order valence-corrected chi connectivity index (χ2v) is 6.79. The van der Waals surface area contributed by atoms with Gasteiger partial charge in [-0.05, 0) is 40.8 Å². The van der Waals surface area contributed by atoms with Crippen LogP contribution in [0.2, 0.25) is 0 Å². The number of hydrogen-bond donors (Lipinski definition) is 1. The lowest BCUT2D eigenvalue weighted by molar-refractivity contribution is -0.135. The van der Waals surface area contributed by atoms with Gasteiger partial charge in [0.15, 0.2) is 6.61 Å². The quantitative estimate of drug-likeness (QED) is 0.832. The fourth-order valence-corrected chi connectivity index (χ4v) is 3.40. The highest BCUT2D eigenvalue weighted by Gasteiger charge is 2.23. The second kappa shape index (κ2) is 6.74. The first-order chi connectivity index (χ1) is 11.1. The minimum atomic E-state index is -0.521. The zero-order valence-electron chi connectivity index (χ0n) is 13.0. The van der Waals surface area contributed by atoms with Crippen molar-refractivity contribution in [1.82, 2.24) is 9.88 Å². The fourth-order valence-electron chi connectivity index (χ4n) is 2.80. The average molecular weight is 379 g/mol. The Morgan fingerprint density at radius 1 is 1.30 bits per heavy atom. The standard InChI is InChI=1S/C17H19BrN2O3/c1-11-6-8-20(9-7-11)14(21)10-23-17(22)16-15(18)12-4-2-3-5-13(12)19-16/h2-5,11,19H,6-10H2,1H3. The molecule has 0 aliphatic carbocycles. The van der Waals surface area contributed by atoms with E-state index in [9.17, 15) is 9.59 Å². The number of likely N-dealkylation sites (tertiary alicyclic amines) is 1. The van der Waals surface area contributed by atoms with Crippen LogP contribution in [0.25, 0.3) is 10.9 Å². The van der Waals surface area contributed by atoms with Crippen LogP contribution in [-0.4, -0.2) is 41.5 Å². The van der Waals surface area contributed by atoms with Gasteiger partial charge in [-0.15, -0.1) is 0 Å². The summed E-state index contributed by atoms with van der Waals surface area (Å²) in [5.74, 6) is 0.00758. The lowest BCUT2D eigenvalue weighted by atomic mass is 9.99. The molecule has 1 N–H and O–H groups in total. The SMILES string of the molecule is CC1CCN(C(=O)COC(=O)c2[nH]c3ccccc3c2Br)CC1. The normalized spacial score (nSPS) is 15.8. The molecule has 2 heterocycles. The molecule has 0 spiro atoms. The number of esters is 1. The number of hydrogen-bond acceptors (Lipinski definition) is 3. The Morgan fingerprint density at radius 3 is 2.70 bits per heavy atom. The highest BCUT2D eigenvalue weighted by molar-refractivity contribution is 9.10. The average Bonchev–Trinajstić information content (AvgIpc) is 2.90. The van der Waals surface area contributed by atoms with Gasteiger partial charge >= 0.3 is 5.97 Å². The van der Waals surface area contributed by atoms with E-state index in [-0.39, 0.29) is 12.5 Å². The van der Waals surface area contributed by atoms with Crippen LogP contribution in [0.4, 0.5) is 0 Å². The first kappa shape index (κ1) is 16.1. The Labute approximate surface area is 143 Å². The van der Waals surface area contributed by atoms with Gasteiger partial charge in [0.05, 0.1) is 4.47 Å². The summed E-state index contributed by atoms with van der Waals surface area (Å²) in [5.41, 5.74) is 1.19. The van der Waals surface area contributed by atoms with Gasteiger partial charge < -0.3 is 14.6 Å². The molecule has 23 heavy (non-hydrogen) atoms. The summed E-state index contributed by atoms with van der Waals surface area (Å²) in [6, 6.07) is 7.59. The van der Waals surface area contributed by atoms with Crippen LogP contribution in [0.15, 0.2) is 28.7 Å². The van der Waals surface area contributed by atoms with Gasteiger partial charge in [0, 0.05) is 24.0 Å². The molecule has 0 unspecified atom stereocenters. The highest BCUT2D eigenvalue weighted by Crippen LogP contribution is 2.28. The summed E-state index contributed by atoms with van der Waals surface area (Å²) in [6.45, 7) is 3.46. The van der Waals surface area contributed by atoms with Gasteiger partial charge in [0.25, 0.3) is 5.91 Å². The van der Waals surface area contributed by atoms with Crippen molar-refractivity contribution in [3.63, 3.8) is 0 Å². The molecule has 1 aliphatic rings. The van der Waals surface area contributed by atoms with E-state index in [1.54, 1.807) is 4.90 Å². The van der Waals surface area contributed by atoms with Crippen LogP contribution >= 0.6 is 15.9 Å². The predicted octanol–water partition coefficient (Wildman–Crippen LogP) is 3.35. The number of aromatic amines is 1. The molecule has 1 aliphatic heterocycles. The minimum Gasteiger partial charge on any atom is -0.451 e. The van der Waals surface area contributed by atoms with Crippen LogP contribution in [0.3, 0.4) is 0 Å². The van der Waals surface area contributed by atoms with Crippen molar-refractivity contribution in [1.29, 1.82) is 0 Å². The zero-order chi connectivity index (χ0) is 16.4. The Bertz CT molecular complexity index is 733. The van der Waals surface area contributed by atoms with Crippen LogP contribution in [-0.2, 0) is 9.53 Å². The topological polar surface area (TPSA) is 62.4 Å². The number of ether oxygens (including phenoxy) is 1. The molecular weight excluding hydrogens is 360 g/mol. The number of nitrogens with one attached hydrogen (secondary N) is 1. The number of piperidine rings is 1. The van der Waals surface area contributed by atoms with Crippen LogP contribution < -0.4 is 0 Å². The molecule has 1 saturated heterocycles. The van der Waals surface area contributed by atoms with Gasteiger partial charge in [0.1, 0.15) is 5.69 Å². The highest BCUT2D eigenvalue weighted by atomic mass is 79.9. The van der Waals surface area contributed by atoms with E-state index in [0.29, 0.717) is 16.1 Å². The summed E-state index contributed by atoms with van der Waals surface area (Å²) in [5, 5.41) is 0.913. The largest absolute Gasteiger partial charge is 0.451 e. The van der Waals surface area contributed by atoms with E-state index in [1.807, 2.05) is 24.3 Å². The third kappa shape index (κ3) is 3.42. The molecule has 1 aromatic carbocycles. The number of para-hydroxylation sites is 1. The summed E-state index contributed by atoms with van der Waals surface area (Å²) >= 11 is 3.42. The van der Waals surface area contributed by atoms with Gasteiger partial charge in [-0.1, -0.05) is 25.1 Å². The molecule has 2 aromatic rings. The number of nitrogens with zero attached hydrogens (tertiary/aromatic N) is 1. The molecular formula is C17H19BrN2O3. The molecule has 1 amide bonds. The number of carbonyl (C=O) groups is 2. The maximum absolute atomic E-state index is 12.2. The van der Waals surface area contributed by atoms with Gasteiger partial charge in [-0.2, -0.15) is 0 Å². The number of halogens is 1. The number of amides is 1. The lowest BCUT2D eigenvalue weighted by Gasteiger charge is -2.30. The summed E-state index contributed by atoms with van der Waals surface area (Å²) < 4.78 is 5.85. The van der Waals surface area contributed by atoms with Crippen molar-refractivity contribution < 1.29 is 14.3 Å². The Morgan fingerprint density at radius 2 is 2.00 bits per heavy atom. The van der Waals surface area contributed by atoms with E-state index < -0.39 is 5.97 Å². The summed E-state index contributed by atoms with van der Waals surface area (Å²) in [7, 11) is 0. The number of H-pyrrole nitrogens is 1. The third-order valence-electron chi connectivity index (χ3n) is 4.31. The Hall–Kier alpha value is -1.82. The van der Waals surface area contributed by atoms with Gasteiger partial charge in [-0.3, -0.25) is 4.79 Å². The van der Waals surface area contributed by atoms with E-state index in [1.165, 1.54) is 0 Å². The number of benzene rings is 1. The Balaban J connectivity index is 1.62. The van der Waals surface area contributed by atoms with Gasteiger partial charge in [-0.25, -0.2) is 4.79 Å². The van der Waals surface area contributed by atoms with Crippen LogP contribution in [0.5, 0.6) is 0 Å². The molecule has 1 aromatic heterocycles. The molecule has 0 saturated carbocycles. The van der Waals surface area contributed by atoms with Crippen molar-refractivity contribution in [3.05, 3.63) is 34.4 Å². The van der Waals surface area contributed by atoms with E-state index in [2.05, 4.69) is 27.8 Å². The van der Waals surface area contributed by atoms with E-state index in [4.69, 9.17) is 4.74 Å². The predicted molar refractivity (Wildman–Crippen MR) is 91.3 cm³/mol. The first-order valence-corrected chi connectivity index (χ1v) is 8.56. The second-order valence-electron chi connectivity index (χ2n) is 6.00. The van der Waals surface area contributed by atoms with Crippen LogP contribution in [0, 0.1) is 5.92 Å². The number of carbonyl (C=O) groups excluding carboxylic acids is 2. The molecule has 0 atom stereocenters. The Kier molecular flexibility index (Phi) is 4.71. The minimum absolute atomic E-state index is 0.127. The molecule has 1 fully saturated rings. The van der Waals surface area contributed by atoms with Crippen molar-refractivity contribution in [3.8, 4) is 0 Å². The molecule has 6 heteroatoms. The molecule has 3 rings (SSSR count). The van der Waals surface area contributed by atoms with Crippen molar-refractivity contribution in [2.75, 3.05) is 19.7 Å². The smallest absolute Gasteiger partial charge is 0.356 e. The maximum Gasteiger partial charge on any atom is 0.356 e. The first-order valence-electron chi connectivity index (χ1n) is 7.77. The maximum atomic E-state index is 12.2. The van der Waals surface area contributed by atoms with Crippen molar-refractivity contribution in [2.45, 2.75) is 19.8 Å². The van der Waals surface area contributed by atoms with Crippen molar-refractivity contribution >= 4 is 38.7 Å². The zero-order valence-corrected chi connectivity index (χ0v) is 14.6. The fraction of sp³-hybridized carbons (Fsp3) is 0.412. The van der Waals surface area contributed by atoms with Crippen molar-refractivity contribution in [2.24, 2.45) is 5.92 Å². The molecule has 5 nitrogen and oxygen atoms in total. The molecule has 0 radical (unpaired) electrons. The van der Waals surface area contributed by atoms with Gasteiger partial charge in [0.2, 0.25) is 0 Å². The monoisotopic (exact) mass is 378 g/mol. The summed E-state index contributed by atoms with van der Waals surface area (Å²) in [6.07, 6.45) is 2.01. The number of fused-ring (bicyclic) bond motifs is 1. The number of rotatable bonds is 3. The third-order valence-corrected chi connectivity index (χ3v) is 5.13. The molecule has 122 valence electrons. The van der Waals surface area contributed by atoms with Crippen LogP contribution in [0.1, 0.15) is 30.3 Å². The van der Waals surface area contributed by atoms with E-state index in [0.717, 1.165) is 36.8 Å². The summed E-state index contributed by atoms with van der Waals surface area (Å²) in [4.78, 5) is 29.1.